The van der Waals surface area contributed by atoms with Gasteiger partial charge in [-0.3, -0.25) is 9.79 Å². The van der Waals surface area contributed by atoms with Gasteiger partial charge in [0, 0.05) is 30.1 Å². The number of thiophene rings is 1. The van der Waals surface area contributed by atoms with Gasteiger partial charge < -0.3 is 20.1 Å². The van der Waals surface area contributed by atoms with Crippen molar-refractivity contribution < 1.29 is 14.3 Å². The molecule has 0 radical (unpaired) electrons. The Labute approximate surface area is 187 Å². The molecule has 1 aromatic carbocycles. The molecule has 0 aliphatic carbocycles. The van der Waals surface area contributed by atoms with Crippen molar-refractivity contribution in [3.63, 3.8) is 0 Å². The van der Waals surface area contributed by atoms with E-state index in [-0.39, 0.29) is 42.5 Å². The van der Waals surface area contributed by atoms with Crippen LogP contribution in [0.1, 0.15) is 25.1 Å². The molecule has 2 rings (SSSR count). The first-order valence-electron chi connectivity index (χ1n) is 8.98. The number of esters is 1. The average molecular weight is 517 g/mol. The van der Waals surface area contributed by atoms with Crippen molar-refractivity contribution in [1.29, 1.82) is 0 Å². The highest BCUT2D eigenvalue weighted by Gasteiger charge is 2.05. The Hall–Kier alpha value is -1.81. The molecule has 0 saturated heterocycles. The maximum atomic E-state index is 11.3. The third-order valence-electron chi connectivity index (χ3n) is 3.55. The van der Waals surface area contributed by atoms with Gasteiger partial charge in [0.05, 0.1) is 19.6 Å². The maximum absolute atomic E-state index is 11.3. The number of guanidine groups is 1. The van der Waals surface area contributed by atoms with Crippen LogP contribution in [-0.4, -0.2) is 38.2 Å². The van der Waals surface area contributed by atoms with Gasteiger partial charge >= 0.3 is 5.97 Å². The number of rotatable bonds is 9. The van der Waals surface area contributed by atoms with E-state index in [0.29, 0.717) is 19.0 Å². The molecule has 0 aliphatic rings. The second-order valence-electron chi connectivity index (χ2n) is 6.13. The summed E-state index contributed by atoms with van der Waals surface area (Å²) in [5, 5.41) is 8.50. The van der Waals surface area contributed by atoms with Gasteiger partial charge in [0.25, 0.3) is 0 Å². The first kappa shape index (κ1) is 24.2. The van der Waals surface area contributed by atoms with Crippen LogP contribution in [0.5, 0.6) is 5.75 Å². The minimum atomic E-state index is -0.254. The predicted molar refractivity (Wildman–Crippen MR) is 126 cm³/mol. The van der Waals surface area contributed by atoms with E-state index in [4.69, 9.17) is 4.74 Å². The van der Waals surface area contributed by atoms with Gasteiger partial charge in [-0.05, 0) is 49.6 Å². The summed E-state index contributed by atoms with van der Waals surface area (Å²) in [6.07, 6.45) is 1.30. The Bertz CT molecular complexity index is 719. The summed E-state index contributed by atoms with van der Waals surface area (Å²) in [5.41, 5.74) is 0.895. The molecule has 0 unspecified atom stereocenters. The molecule has 2 aromatic rings. The van der Waals surface area contributed by atoms with E-state index in [0.717, 1.165) is 17.9 Å². The number of hydrogen-bond donors (Lipinski definition) is 2. The van der Waals surface area contributed by atoms with Crippen LogP contribution in [0.2, 0.25) is 0 Å². The van der Waals surface area contributed by atoms with E-state index in [1.807, 2.05) is 44.2 Å². The SMILES string of the molecule is COC(=O)CCNC(=NCCc1cccs1)Nc1ccc(OC(C)C)cc1.I. The zero-order chi connectivity index (χ0) is 19.5. The lowest BCUT2D eigenvalue weighted by Gasteiger charge is -2.14. The number of hydrogen-bond acceptors (Lipinski definition) is 5. The first-order chi connectivity index (χ1) is 13.1. The van der Waals surface area contributed by atoms with Gasteiger partial charge in [0.2, 0.25) is 0 Å². The second-order valence-corrected chi connectivity index (χ2v) is 7.16. The fourth-order valence-corrected chi connectivity index (χ4v) is 2.98. The normalized spacial score (nSPS) is 10.9. The third kappa shape index (κ3) is 9.41. The highest BCUT2D eigenvalue weighted by atomic mass is 127. The van der Waals surface area contributed by atoms with Gasteiger partial charge in [0.1, 0.15) is 5.75 Å². The van der Waals surface area contributed by atoms with Gasteiger partial charge in [-0.25, -0.2) is 0 Å². The molecule has 6 nitrogen and oxygen atoms in total. The summed E-state index contributed by atoms with van der Waals surface area (Å²) in [5.74, 6) is 1.20. The molecule has 0 aliphatic heterocycles. The van der Waals surface area contributed by atoms with Gasteiger partial charge in [-0.1, -0.05) is 6.07 Å². The van der Waals surface area contributed by atoms with Crippen molar-refractivity contribution in [2.45, 2.75) is 32.8 Å². The standard InChI is InChI=1S/C20H27N3O3S.HI/c1-15(2)26-17-8-6-16(7-9-17)23-20(22-13-11-19(24)25-3)21-12-10-18-5-4-14-27-18;/h4-9,14-15H,10-13H2,1-3H3,(H2,21,22,23);1H. The zero-order valence-electron chi connectivity index (χ0n) is 16.4. The zero-order valence-corrected chi connectivity index (χ0v) is 19.6. The van der Waals surface area contributed by atoms with Gasteiger partial charge in [-0.2, -0.15) is 0 Å². The van der Waals surface area contributed by atoms with E-state index < -0.39 is 0 Å². The molecule has 1 heterocycles. The van der Waals surface area contributed by atoms with Crippen LogP contribution >= 0.6 is 35.3 Å². The van der Waals surface area contributed by atoms with E-state index in [1.165, 1.54) is 12.0 Å². The van der Waals surface area contributed by atoms with Crippen molar-refractivity contribution in [3.05, 3.63) is 46.7 Å². The van der Waals surface area contributed by atoms with Crippen molar-refractivity contribution in [2.75, 3.05) is 25.5 Å². The third-order valence-corrected chi connectivity index (χ3v) is 4.48. The molecule has 1 aromatic heterocycles. The van der Waals surface area contributed by atoms with Crippen molar-refractivity contribution >= 4 is 52.9 Å². The Morgan fingerprint density at radius 2 is 1.96 bits per heavy atom. The highest BCUT2D eigenvalue weighted by molar-refractivity contribution is 14.0. The molecular formula is C20H28IN3O3S. The van der Waals surface area contributed by atoms with Crippen molar-refractivity contribution in [2.24, 2.45) is 4.99 Å². The molecule has 8 heteroatoms. The highest BCUT2D eigenvalue weighted by Crippen LogP contribution is 2.17. The molecule has 0 saturated carbocycles. The smallest absolute Gasteiger partial charge is 0.307 e. The number of carbonyl (C=O) groups excluding carboxylic acids is 1. The first-order valence-corrected chi connectivity index (χ1v) is 9.86. The Kier molecular flexibility index (Phi) is 11.6. The number of nitrogens with zero attached hydrogens (tertiary/aromatic N) is 1. The molecule has 0 atom stereocenters. The quantitative estimate of drug-likeness (QED) is 0.225. The number of methoxy groups -OCH3 is 1. The number of halogens is 1. The van der Waals surface area contributed by atoms with Crippen LogP contribution in [0.15, 0.2) is 46.8 Å². The number of carbonyl (C=O) groups is 1. The minimum Gasteiger partial charge on any atom is -0.491 e. The van der Waals surface area contributed by atoms with Crippen LogP contribution in [0.4, 0.5) is 5.69 Å². The van der Waals surface area contributed by atoms with E-state index in [9.17, 15) is 4.79 Å². The topological polar surface area (TPSA) is 72.0 Å². The fourth-order valence-electron chi connectivity index (χ4n) is 2.28. The number of benzene rings is 1. The molecule has 2 N–H and O–H groups in total. The van der Waals surface area contributed by atoms with Crippen molar-refractivity contribution in [3.8, 4) is 5.75 Å². The summed E-state index contributed by atoms with van der Waals surface area (Å²) in [6, 6.07) is 11.9. The number of anilines is 1. The number of nitrogens with one attached hydrogen (secondary N) is 2. The van der Waals surface area contributed by atoms with Crippen LogP contribution < -0.4 is 15.4 Å². The molecular weight excluding hydrogens is 489 g/mol. The monoisotopic (exact) mass is 517 g/mol. The molecule has 154 valence electrons. The average Bonchev–Trinajstić information content (AvgIpc) is 3.16. The Morgan fingerprint density at radius 3 is 2.57 bits per heavy atom. The second kappa shape index (κ2) is 13.4. The van der Waals surface area contributed by atoms with E-state index in [1.54, 1.807) is 11.3 Å². The lowest BCUT2D eigenvalue weighted by Crippen LogP contribution is -2.33. The summed E-state index contributed by atoms with van der Waals surface area (Å²) in [7, 11) is 1.39. The maximum Gasteiger partial charge on any atom is 0.307 e. The number of ether oxygens (including phenoxy) is 2. The molecule has 0 spiro atoms. The lowest BCUT2D eigenvalue weighted by atomic mass is 10.3. The summed E-state index contributed by atoms with van der Waals surface area (Å²) in [6.45, 7) is 5.10. The van der Waals surface area contributed by atoms with Crippen LogP contribution in [0.25, 0.3) is 0 Å². The van der Waals surface area contributed by atoms with E-state index >= 15 is 0 Å². The molecule has 0 bridgehead atoms. The van der Waals surface area contributed by atoms with Crippen LogP contribution in [-0.2, 0) is 16.0 Å². The van der Waals surface area contributed by atoms with E-state index in [2.05, 4.69) is 31.8 Å². The summed E-state index contributed by atoms with van der Waals surface area (Å²) >= 11 is 1.72. The lowest BCUT2D eigenvalue weighted by molar-refractivity contribution is -0.140. The Morgan fingerprint density at radius 1 is 1.21 bits per heavy atom. The van der Waals surface area contributed by atoms with Gasteiger partial charge in [0.15, 0.2) is 5.96 Å². The molecule has 0 fully saturated rings. The summed E-state index contributed by atoms with van der Waals surface area (Å²) in [4.78, 5) is 17.2. The minimum absolute atomic E-state index is 0. The van der Waals surface area contributed by atoms with Crippen LogP contribution in [0, 0.1) is 0 Å². The molecule has 0 amide bonds. The molecule has 28 heavy (non-hydrogen) atoms. The van der Waals surface area contributed by atoms with Crippen LogP contribution in [0.3, 0.4) is 0 Å². The number of aliphatic imine (C=N–C) groups is 1. The fraction of sp³-hybridized carbons (Fsp3) is 0.400. The summed E-state index contributed by atoms with van der Waals surface area (Å²) < 4.78 is 10.3. The predicted octanol–water partition coefficient (Wildman–Crippen LogP) is 4.32. The largest absolute Gasteiger partial charge is 0.491 e. The Balaban J connectivity index is 0.00000392. The van der Waals surface area contributed by atoms with Crippen molar-refractivity contribution in [1.82, 2.24) is 5.32 Å². The van der Waals surface area contributed by atoms with Gasteiger partial charge in [-0.15, -0.1) is 35.3 Å².